The quantitative estimate of drug-likeness (QED) is 0.462. The van der Waals surface area contributed by atoms with Crippen molar-refractivity contribution >= 4 is 27.5 Å². The molecule has 8 nitrogen and oxygen atoms in total. The average Bonchev–Trinajstić information content (AvgIpc) is 2.81. The van der Waals surface area contributed by atoms with Gasteiger partial charge in [0.05, 0.1) is 19.1 Å². The van der Waals surface area contributed by atoms with E-state index in [1.807, 2.05) is 26.0 Å². The van der Waals surface area contributed by atoms with Gasteiger partial charge >= 0.3 is 0 Å². The molecule has 2 aromatic rings. The Balaban J connectivity index is 2.32. The van der Waals surface area contributed by atoms with Crippen LogP contribution < -0.4 is 14.4 Å². The fourth-order valence-corrected chi connectivity index (χ4v) is 4.22. The van der Waals surface area contributed by atoms with Gasteiger partial charge in [-0.3, -0.25) is 13.9 Å². The van der Waals surface area contributed by atoms with Gasteiger partial charge in [-0.25, -0.2) is 8.42 Å². The van der Waals surface area contributed by atoms with E-state index < -0.39 is 28.5 Å². The molecule has 1 atom stereocenters. The molecule has 0 bridgehead atoms. The second-order valence-electron chi connectivity index (χ2n) is 8.30. The van der Waals surface area contributed by atoms with Crippen LogP contribution in [0.2, 0.25) is 0 Å². The van der Waals surface area contributed by atoms with Crippen LogP contribution in [-0.2, 0) is 26.2 Å². The summed E-state index contributed by atoms with van der Waals surface area (Å²) in [6.45, 7) is 5.83. The van der Waals surface area contributed by atoms with E-state index in [2.05, 4.69) is 5.32 Å². The maximum absolute atomic E-state index is 13.5. The molecule has 2 amide bonds. The van der Waals surface area contributed by atoms with Crippen LogP contribution in [0.5, 0.6) is 5.75 Å². The van der Waals surface area contributed by atoms with Crippen LogP contribution >= 0.6 is 0 Å². The van der Waals surface area contributed by atoms with E-state index in [1.165, 1.54) is 4.90 Å². The van der Waals surface area contributed by atoms with Crippen LogP contribution in [-0.4, -0.2) is 57.6 Å². The minimum absolute atomic E-state index is 0.149. The van der Waals surface area contributed by atoms with Gasteiger partial charge in [-0.2, -0.15) is 0 Å². The van der Waals surface area contributed by atoms with Gasteiger partial charge in [-0.15, -0.1) is 0 Å². The molecule has 0 spiro atoms. The first-order valence-electron chi connectivity index (χ1n) is 11.3. The fraction of sp³-hybridized carbons (Fsp3) is 0.440. The van der Waals surface area contributed by atoms with Crippen molar-refractivity contribution in [1.82, 2.24) is 10.2 Å². The van der Waals surface area contributed by atoms with Crippen molar-refractivity contribution < 1.29 is 22.7 Å². The summed E-state index contributed by atoms with van der Waals surface area (Å²) in [7, 11) is -2.17. The standard InChI is InChI=1S/C25H35N3O5S/c1-6-7-16-26-25(30)20(3)27(17-21-10-14-23(33-4)15-11-21)24(29)18-28(34(5,31)32)22-12-8-19(2)9-13-22/h8-15,20H,6-7,16-18H2,1-5H3,(H,26,30)/t20-/m0/s1. The number of benzene rings is 2. The van der Waals surface area contributed by atoms with Gasteiger partial charge < -0.3 is 15.0 Å². The lowest BCUT2D eigenvalue weighted by Gasteiger charge is -2.31. The number of aryl methyl sites for hydroxylation is 1. The zero-order chi connectivity index (χ0) is 25.3. The highest BCUT2D eigenvalue weighted by atomic mass is 32.2. The van der Waals surface area contributed by atoms with Crippen LogP contribution in [0.3, 0.4) is 0 Å². The van der Waals surface area contributed by atoms with Crippen molar-refractivity contribution in [2.45, 2.75) is 46.2 Å². The number of nitrogens with zero attached hydrogens (tertiary/aromatic N) is 2. The molecule has 2 aromatic carbocycles. The molecular weight excluding hydrogens is 454 g/mol. The Labute approximate surface area is 202 Å². The van der Waals surface area contributed by atoms with E-state index in [1.54, 1.807) is 50.4 Å². The predicted molar refractivity (Wildman–Crippen MR) is 134 cm³/mol. The molecular formula is C25H35N3O5S. The van der Waals surface area contributed by atoms with E-state index in [9.17, 15) is 18.0 Å². The first kappa shape index (κ1) is 27.2. The van der Waals surface area contributed by atoms with Gasteiger partial charge in [0.1, 0.15) is 18.3 Å². The van der Waals surface area contributed by atoms with E-state index in [0.717, 1.165) is 34.5 Å². The summed E-state index contributed by atoms with van der Waals surface area (Å²) in [4.78, 5) is 27.7. The molecule has 9 heteroatoms. The van der Waals surface area contributed by atoms with Crippen molar-refractivity contribution in [3.8, 4) is 5.75 Å². The van der Waals surface area contributed by atoms with Gasteiger partial charge in [0.25, 0.3) is 0 Å². The summed E-state index contributed by atoms with van der Waals surface area (Å²) in [6.07, 6.45) is 2.83. The lowest BCUT2D eigenvalue weighted by atomic mass is 10.1. The maximum atomic E-state index is 13.5. The molecule has 0 aromatic heterocycles. The van der Waals surface area contributed by atoms with E-state index in [0.29, 0.717) is 18.0 Å². The summed E-state index contributed by atoms with van der Waals surface area (Å²) in [5, 5.41) is 2.86. The van der Waals surface area contributed by atoms with Gasteiger partial charge in [0.15, 0.2) is 0 Å². The molecule has 0 saturated carbocycles. The lowest BCUT2D eigenvalue weighted by molar-refractivity contribution is -0.139. The number of sulfonamides is 1. The van der Waals surface area contributed by atoms with Crippen molar-refractivity contribution in [2.24, 2.45) is 0 Å². The molecule has 0 radical (unpaired) electrons. The Morgan fingerprint density at radius 2 is 1.68 bits per heavy atom. The molecule has 0 heterocycles. The fourth-order valence-electron chi connectivity index (χ4n) is 3.37. The predicted octanol–water partition coefficient (Wildman–Crippen LogP) is 3.10. The highest BCUT2D eigenvalue weighted by Crippen LogP contribution is 2.20. The number of ether oxygens (including phenoxy) is 1. The summed E-state index contributed by atoms with van der Waals surface area (Å²) >= 11 is 0. The van der Waals surface area contributed by atoms with E-state index in [4.69, 9.17) is 4.74 Å². The Morgan fingerprint density at radius 3 is 2.21 bits per heavy atom. The monoisotopic (exact) mass is 489 g/mol. The Hall–Kier alpha value is -3.07. The molecule has 0 saturated heterocycles. The number of carbonyl (C=O) groups excluding carboxylic acids is 2. The third-order valence-electron chi connectivity index (χ3n) is 5.51. The van der Waals surface area contributed by atoms with Crippen LogP contribution in [0, 0.1) is 6.92 Å². The number of nitrogens with one attached hydrogen (secondary N) is 1. The zero-order valence-electron chi connectivity index (χ0n) is 20.6. The summed E-state index contributed by atoms with van der Waals surface area (Å²) in [6, 6.07) is 13.3. The van der Waals surface area contributed by atoms with Crippen LogP contribution in [0.25, 0.3) is 0 Å². The van der Waals surface area contributed by atoms with Crippen molar-refractivity contribution in [2.75, 3.05) is 30.8 Å². The minimum atomic E-state index is -3.74. The van der Waals surface area contributed by atoms with Crippen LogP contribution in [0.1, 0.15) is 37.8 Å². The molecule has 186 valence electrons. The Morgan fingerprint density at radius 1 is 1.06 bits per heavy atom. The summed E-state index contributed by atoms with van der Waals surface area (Å²) in [5.41, 5.74) is 2.16. The number of rotatable bonds is 12. The van der Waals surface area contributed by atoms with E-state index in [-0.39, 0.29) is 12.5 Å². The topological polar surface area (TPSA) is 96.0 Å². The molecule has 1 N–H and O–H groups in total. The lowest BCUT2D eigenvalue weighted by Crippen LogP contribution is -2.51. The largest absolute Gasteiger partial charge is 0.497 e. The molecule has 2 rings (SSSR count). The first-order valence-corrected chi connectivity index (χ1v) is 13.2. The second-order valence-corrected chi connectivity index (χ2v) is 10.2. The number of amides is 2. The van der Waals surface area contributed by atoms with Gasteiger partial charge in [-0.1, -0.05) is 43.2 Å². The van der Waals surface area contributed by atoms with Crippen molar-refractivity contribution in [1.29, 1.82) is 0 Å². The van der Waals surface area contributed by atoms with Gasteiger partial charge in [0, 0.05) is 13.1 Å². The number of methoxy groups -OCH3 is 1. The number of hydrogen-bond acceptors (Lipinski definition) is 5. The molecule has 0 aliphatic carbocycles. The van der Waals surface area contributed by atoms with E-state index >= 15 is 0 Å². The molecule has 0 unspecified atom stereocenters. The number of anilines is 1. The SMILES string of the molecule is CCCCNC(=O)[C@H](C)N(Cc1ccc(OC)cc1)C(=O)CN(c1ccc(C)cc1)S(C)(=O)=O. The molecule has 0 aliphatic rings. The normalized spacial score (nSPS) is 12.0. The summed E-state index contributed by atoms with van der Waals surface area (Å²) < 4.78 is 31.3. The zero-order valence-corrected chi connectivity index (χ0v) is 21.4. The smallest absolute Gasteiger partial charge is 0.244 e. The highest BCUT2D eigenvalue weighted by molar-refractivity contribution is 7.92. The summed E-state index contributed by atoms with van der Waals surface area (Å²) in [5.74, 6) is -0.0777. The van der Waals surface area contributed by atoms with Crippen molar-refractivity contribution in [3.63, 3.8) is 0 Å². The third kappa shape index (κ3) is 7.76. The minimum Gasteiger partial charge on any atom is -0.497 e. The first-order chi connectivity index (χ1) is 16.1. The number of hydrogen-bond donors (Lipinski definition) is 1. The van der Waals surface area contributed by atoms with Gasteiger partial charge in [0.2, 0.25) is 21.8 Å². The van der Waals surface area contributed by atoms with Crippen LogP contribution in [0.15, 0.2) is 48.5 Å². The average molecular weight is 490 g/mol. The Bertz CT molecular complexity index is 1050. The maximum Gasteiger partial charge on any atom is 0.244 e. The van der Waals surface area contributed by atoms with Crippen LogP contribution in [0.4, 0.5) is 5.69 Å². The third-order valence-corrected chi connectivity index (χ3v) is 6.65. The second kappa shape index (κ2) is 12.4. The molecule has 34 heavy (non-hydrogen) atoms. The molecule has 0 fully saturated rings. The van der Waals surface area contributed by atoms with Gasteiger partial charge in [-0.05, 0) is 50.1 Å². The Kier molecular flexibility index (Phi) is 9.92. The molecule has 0 aliphatic heterocycles. The van der Waals surface area contributed by atoms with Crippen molar-refractivity contribution in [3.05, 3.63) is 59.7 Å². The highest BCUT2D eigenvalue weighted by Gasteiger charge is 2.30. The number of unbranched alkanes of at least 4 members (excludes halogenated alkanes) is 1. The number of carbonyl (C=O) groups is 2.